The van der Waals surface area contributed by atoms with Crippen molar-refractivity contribution in [3.8, 4) is 0 Å². The van der Waals surface area contributed by atoms with Gasteiger partial charge in [-0.2, -0.15) is 9.41 Å². The van der Waals surface area contributed by atoms with Gasteiger partial charge in [0, 0.05) is 25.4 Å². The molecule has 0 amide bonds. The molecule has 1 aromatic heterocycles. The van der Waals surface area contributed by atoms with Crippen molar-refractivity contribution in [1.82, 2.24) is 9.29 Å². The summed E-state index contributed by atoms with van der Waals surface area (Å²) in [5.74, 6) is 0. The van der Waals surface area contributed by atoms with E-state index in [1.54, 1.807) is 25.3 Å². The van der Waals surface area contributed by atoms with Crippen LogP contribution in [0.5, 0.6) is 0 Å². The molecule has 0 radical (unpaired) electrons. The molecular formula is C17H19N5O4S. The minimum absolute atomic E-state index is 0.0907. The number of benzene rings is 1. The van der Waals surface area contributed by atoms with Crippen molar-refractivity contribution in [2.24, 2.45) is 5.10 Å². The molecule has 1 aromatic carbocycles. The molecule has 0 bridgehead atoms. The predicted octanol–water partition coefficient (Wildman–Crippen LogP) is 2.61. The van der Waals surface area contributed by atoms with Gasteiger partial charge in [-0.1, -0.05) is 6.07 Å². The normalized spacial score (nSPS) is 15.7. The highest BCUT2D eigenvalue weighted by molar-refractivity contribution is 7.89. The van der Waals surface area contributed by atoms with Crippen molar-refractivity contribution >= 4 is 27.1 Å². The van der Waals surface area contributed by atoms with E-state index in [4.69, 9.17) is 0 Å². The monoisotopic (exact) mass is 389 g/mol. The number of nitrogens with zero attached hydrogens (tertiary/aromatic N) is 4. The molecule has 0 spiro atoms. The first-order chi connectivity index (χ1) is 12.9. The Morgan fingerprint density at radius 3 is 2.63 bits per heavy atom. The number of nitro benzene ring substituents is 1. The van der Waals surface area contributed by atoms with Crippen LogP contribution >= 0.6 is 0 Å². The summed E-state index contributed by atoms with van der Waals surface area (Å²) < 4.78 is 26.6. The van der Waals surface area contributed by atoms with E-state index in [1.165, 1.54) is 16.4 Å². The van der Waals surface area contributed by atoms with Gasteiger partial charge >= 0.3 is 0 Å². The van der Waals surface area contributed by atoms with Crippen molar-refractivity contribution in [2.75, 3.05) is 18.5 Å². The van der Waals surface area contributed by atoms with Crippen molar-refractivity contribution < 1.29 is 13.3 Å². The zero-order valence-corrected chi connectivity index (χ0v) is 15.5. The van der Waals surface area contributed by atoms with Crippen LogP contribution in [0.25, 0.3) is 0 Å². The van der Waals surface area contributed by atoms with Gasteiger partial charge in [-0.25, -0.2) is 8.42 Å². The Kier molecular flexibility index (Phi) is 5.47. The third-order valence-corrected chi connectivity index (χ3v) is 6.14. The van der Waals surface area contributed by atoms with Crippen LogP contribution in [0.3, 0.4) is 0 Å². The number of hydrogen-bond acceptors (Lipinski definition) is 7. The summed E-state index contributed by atoms with van der Waals surface area (Å²) in [5.41, 5.74) is 3.56. The summed E-state index contributed by atoms with van der Waals surface area (Å²) in [6, 6.07) is 9.13. The van der Waals surface area contributed by atoms with Crippen LogP contribution in [-0.4, -0.2) is 41.4 Å². The standard InChI is InChI=1S/C17H19N5O4S/c1-13(15-6-2-3-9-18-15)19-20-16-8-7-14(12-17(16)22(23)24)27(25,26)21-10-4-5-11-21/h2-3,6-9,12,20H,4-5,10-11H2,1H3. The molecule has 2 aromatic rings. The zero-order valence-electron chi connectivity index (χ0n) is 14.7. The number of sulfonamides is 1. The van der Waals surface area contributed by atoms with Crippen LogP contribution in [-0.2, 0) is 10.0 Å². The van der Waals surface area contributed by atoms with Crippen molar-refractivity contribution in [3.63, 3.8) is 0 Å². The lowest BCUT2D eigenvalue weighted by molar-refractivity contribution is -0.384. The lowest BCUT2D eigenvalue weighted by Crippen LogP contribution is -2.27. The summed E-state index contributed by atoms with van der Waals surface area (Å²) >= 11 is 0. The Morgan fingerprint density at radius 2 is 2.00 bits per heavy atom. The SMILES string of the molecule is CC(=NNc1ccc(S(=O)(=O)N2CCCC2)cc1[N+](=O)[O-])c1ccccn1. The van der Waals surface area contributed by atoms with Crippen LogP contribution in [0, 0.1) is 10.1 Å². The molecule has 0 unspecified atom stereocenters. The smallest absolute Gasteiger partial charge is 0.271 e. The Balaban J connectivity index is 1.89. The molecule has 9 nitrogen and oxygen atoms in total. The van der Waals surface area contributed by atoms with E-state index in [9.17, 15) is 18.5 Å². The average Bonchev–Trinajstić information content (AvgIpc) is 3.22. The molecule has 2 heterocycles. The molecular weight excluding hydrogens is 370 g/mol. The number of hydrogen-bond donors (Lipinski definition) is 1. The minimum atomic E-state index is -3.73. The maximum absolute atomic E-state index is 12.6. The minimum Gasteiger partial charge on any atom is -0.271 e. The second-order valence-corrected chi connectivity index (χ2v) is 8.01. The number of nitro groups is 1. The first-order valence-corrected chi connectivity index (χ1v) is 9.84. The van der Waals surface area contributed by atoms with E-state index in [0.29, 0.717) is 24.5 Å². The van der Waals surface area contributed by atoms with E-state index < -0.39 is 14.9 Å². The molecule has 3 rings (SSSR count). The molecule has 0 aliphatic carbocycles. The number of anilines is 1. The molecule has 27 heavy (non-hydrogen) atoms. The highest BCUT2D eigenvalue weighted by Gasteiger charge is 2.29. The van der Waals surface area contributed by atoms with E-state index in [1.807, 2.05) is 6.07 Å². The van der Waals surface area contributed by atoms with Gasteiger partial charge < -0.3 is 0 Å². The van der Waals surface area contributed by atoms with Gasteiger partial charge in [0.25, 0.3) is 5.69 Å². The van der Waals surface area contributed by atoms with Crippen molar-refractivity contribution in [1.29, 1.82) is 0 Å². The fourth-order valence-corrected chi connectivity index (χ4v) is 4.31. The second kappa shape index (κ2) is 7.80. The maximum Gasteiger partial charge on any atom is 0.295 e. The highest BCUT2D eigenvalue weighted by atomic mass is 32.2. The lowest BCUT2D eigenvalue weighted by atomic mass is 10.2. The molecule has 1 saturated heterocycles. The van der Waals surface area contributed by atoms with Gasteiger partial charge in [0.05, 0.1) is 21.2 Å². The molecule has 1 fully saturated rings. The van der Waals surface area contributed by atoms with E-state index in [-0.39, 0.29) is 16.3 Å². The fourth-order valence-electron chi connectivity index (χ4n) is 2.77. The van der Waals surface area contributed by atoms with Gasteiger partial charge in [0.15, 0.2) is 0 Å². The van der Waals surface area contributed by atoms with Crippen LogP contribution in [0.15, 0.2) is 52.6 Å². The summed E-state index contributed by atoms with van der Waals surface area (Å²) in [6.07, 6.45) is 3.21. The van der Waals surface area contributed by atoms with Gasteiger partial charge in [0.1, 0.15) is 5.69 Å². The average molecular weight is 389 g/mol. The highest BCUT2D eigenvalue weighted by Crippen LogP contribution is 2.30. The topological polar surface area (TPSA) is 118 Å². The molecule has 1 N–H and O–H groups in total. The molecule has 10 heteroatoms. The second-order valence-electron chi connectivity index (χ2n) is 6.07. The van der Waals surface area contributed by atoms with Gasteiger partial charge in [0.2, 0.25) is 10.0 Å². The Hall–Kier alpha value is -2.85. The van der Waals surface area contributed by atoms with Crippen molar-refractivity contribution in [3.05, 3.63) is 58.4 Å². The van der Waals surface area contributed by atoms with Gasteiger partial charge in [-0.3, -0.25) is 20.5 Å². The van der Waals surface area contributed by atoms with E-state index in [0.717, 1.165) is 18.9 Å². The quantitative estimate of drug-likeness (QED) is 0.461. The zero-order chi connectivity index (χ0) is 19.4. The van der Waals surface area contributed by atoms with E-state index >= 15 is 0 Å². The summed E-state index contributed by atoms with van der Waals surface area (Å²) in [7, 11) is -3.73. The fraction of sp³-hybridized carbons (Fsp3) is 0.294. The number of rotatable bonds is 6. The molecule has 1 aliphatic heterocycles. The Bertz CT molecular complexity index is 970. The molecule has 142 valence electrons. The Morgan fingerprint density at radius 1 is 1.26 bits per heavy atom. The Labute approximate surface area is 156 Å². The summed E-state index contributed by atoms with van der Waals surface area (Å²) in [4.78, 5) is 14.9. The molecule has 0 atom stereocenters. The largest absolute Gasteiger partial charge is 0.295 e. The first kappa shape index (κ1) is 18.9. The van der Waals surface area contributed by atoms with Crippen molar-refractivity contribution in [2.45, 2.75) is 24.7 Å². The maximum atomic E-state index is 12.6. The van der Waals surface area contributed by atoms with Crippen LogP contribution in [0.4, 0.5) is 11.4 Å². The van der Waals surface area contributed by atoms with E-state index in [2.05, 4.69) is 15.5 Å². The third kappa shape index (κ3) is 4.12. The van der Waals surface area contributed by atoms with Crippen LogP contribution < -0.4 is 5.43 Å². The summed E-state index contributed by atoms with van der Waals surface area (Å²) in [6.45, 7) is 2.58. The third-order valence-electron chi connectivity index (χ3n) is 4.25. The van der Waals surface area contributed by atoms with Gasteiger partial charge in [-0.15, -0.1) is 0 Å². The van der Waals surface area contributed by atoms with Gasteiger partial charge in [-0.05, 0) is 44.0 Å². The van der Waals surface area contributed by atoms with Crippen LogP contribution in [0.2, 0.25) is 0 Å². The molecule has 1 aliphatic rings. The van der Waals surface area contributed by atoms with Crippen LogP contribution in [0.1, 0.15) is 25.5 Å². The summed E-state index contributed by atoms with van der Waals surface area (Å²) in [5, 5.41) is 15.6. The number of hydrazone groups is 1. The number of nitrogens with one attached hydrogen (secondary N) is 1. The number of aromatic nitrogens is 1. The number of pyridine rings is 1. The first-order valence-electron chi connectivity index (χ1n) is 8.40. The predicted molar refractivity (Wildman–Crippen MR) is 101 cm³/mol. The molecule has 0 saturated carbocycles. The lowest BCUT2D eigenvalue weighted by Gasteiger charge is -2.15.